The lowest BCUT2D eigenvalue weighted by atomic mass is 10.1. The van der Waals surface area contributed by atoms with E-state index < -0.39 is 0 Å². The highest BCUT2D eigenvalue weighted by Crippen LogP contribution is 2.18. The second-order valence-corrected chi connectivity index (χ2v) is 4.70. The van der Waals surface area contributed by atoms with Crippen LogP contribution in [0.5, 0.6) is 5.75 Å². The number of hydrogen-bond donors (Lipinski definition) is 2. The fourth-order valence-electron chi connectivity index (χ4n) is 1.43. The second kappa shape index (κ2) is 8.77. The molecule has 1 aromatic rings. The van der Waals surface area contributed by atoms with Crippen LogP contribution < -0.4 is 15.8 Å². The van der Waals surface area contributed by atoms with Crippen LogP contribution in [0.4, 0.5) is 0 Å². The Morgan fingerprint density at radius 1 is 1.42 bits per heavy atom. The molecule has 0 saturated heterocycles. The zero-order valence-electron chi connectivity index (χ0n) is 11.7. The Morgan fingerprint density at radius 2 is 2.11 bits per heavy atom. The topological polar surface area (TPSA) is 64.3 Å². The Morgan fingerprint density at radius 3 is 2.74 bits per heavy atom. The monoisotopic (exact) mass is 286 g/mol. The standard InChI is InChI=1S/C14H22N2O2.ClH/c1-10-4-5-12(3)13(6-10)18-9-14(17)16-8-11(2)7-15;/h4-6,11H,7-9,15H2,1-3H3,(H,16,17);1H. The molecule has 0 aromatic heterocycles. The van der Waals surface area contributed by atoms with Crippen molar-refractivity contribution in [3.63, 3.8) is 0 Å². The molecule has 19 heavy (non-hydrogen) atoms. The van der Waals surface area contributed by atoms with Crippen molar-refractivity contribution in [3.05, 3.63) is 29.3 Å². The minimum Gasteiger partial charge on any atom is -0.483 e. The number of carbonyl (C=O) groups is 1. The highest BCUT2D eigenvalue weighted by atomic mass is 35.5. The van der Waals surface area contributed by atoms with Gasteiger partial charge in [0, 0.05) is 6.54 Å². The summed E-state index contributed by atoms with van der Waals surface area (Å²) in [5.74, 6) is 0.933. The van der Waals surface area contributed by atoms with Gasteiger partial charge in [0.15, 0.2) is 6.61 Å². The van der Waals surface area contributed by atoms with Gasteiger partial charge in [-0.05, 0) is 43.5 Å². The van der Waals surface area contributed by atoms with Gasteiger partial charge in [0.25, 0.3) is 5.91 Å². The van der Waals surface area contributed by atoms with Crippen molar-refractivity contribution in [3.8, 4) is 5.75 Å². The summed E-state index contributed by atoms with van der Waals surface area (Å²) < 4.78 is 5.50. The zero-order valence-corrected chi connectivity index (χ0v) is 12.5. The minimum atomic E-state index is -0.115. The highest BCUT2D eigenvalue weighted by Gasteiger charge is 2.06. The molecule has 0 aliphatic heterocycles. The van der Waals surface area contributed by atoms with Crippen molar-refractivity contribution in [2.45, 2.75) is 20.8 Å². The SMILES string of the molecule is Cc1ccc(C)c(OCC(=O)NCC(C)CN)c1.Cl. The number of aryl methyl sites for hydroxylation is 2. The van der Waals surface area contributed by atoms with E-state index in [0.717, 1.165) is 16.9 Å². The molecular formula is C14H23ClN2O2. The normalized spacial score (nSPS) is 11.4. The van der Waals surface area contributed by atoms with Gasteiger partial charge in [-0.25, -0.2) is 0 Å². The summed E-state index contributed by atoms with van der Waals surface area (Å²) in [5.41, 5.74) is 7.63. The third kappa shape index (κ3) is 6.45. The van der Waals surface area contributed by atoms with Crippen LogP contribution in [0.1, 0.15) is 18.1 Å². The van der Waals surface area contributed by atoms with Crippen molar-refractivity contribution in [1.82, 2.24) is 5.32 Å². The molecule has 108 valence electrons. The van der Waals surface area contributed by atoms with Crippen LogP contribution >= 0.6 is 12.4 Å². The summed E-state index contributed by atoms with van der Waals surface area (Å²) in [6.45, 7) is 7.15. The summed E-state index contributed by atoms with van der Waals surface area (Å²) in [5, 5.41) is 2.79. The third-order valence-corrected chi connectivity index (χ3v) is 2.75. The fourth-order valence-corrected chi connectivity index (χ4v) is 1.43. The van der Waals surface area contributed by atoms with Gasteiger partial charge < -0.3 is 15.8 Å². The van der Waals surface area contributed by atoms with Crippen LogP contribution in [0.15, 0.2) is 18.2 Å². The molecule has 1 rings (SSSR count). The number of nitrogens with two attached hydrogens (primary N) is 1. The van der Waals surface area contributed by atoms with Crippen LogP contribution in [-0.2, 0) is 4.79 Å². The highest BCUT2D eigenvalue weighted by molar-refractivity contribution is 5.85. The first-order valence-electron chi connectivity index (χ1n) is 6.19. The molecule has 0 saturated carbocycles. The molecule has 1 unspecified atom stereocenters. The van der Waals surface area contributed by atoms with E-state index in [4.69, 9.17) is 10.5 Å². The summed E-state index contributed by atoms with van der Waals surface area (Å²) in [6.07, 6.45) is 0. The van der Waals surface area contributed by atoms with E-state index >= 15 is 0 Å². The van der Waals surface area contributed by atoms with Crippen molar-refractivity contribution in [1.29, 1.82) is 0 Å². The Bertz CT molecular complexity index is 410. The van der Waals surface area contributed by atoms with Gasteiger partial charge in [-0.15, -0.1) is 12.4 Å². The van der Waals surface area contributed by atoms with Crippen LogP contribution in [0.2, 0.25) is 0 Å². The predicted octanol–water partition coefficient (Wildman–Crippen LogP) is 1.82. The van der Waals surface area contributed by atoms with Crippen LogP contribution in [0.25, 0.3) is 0 Å². The van der Waals surface area contributed by atoms with E-state index in [9.17, 15) is 4.79 Å². The number of ether oxygens (including phenoxy) is 1. The van der Waals surface area contributed by atoms with Crippen LogP contribution in [0.3, 0.4) is 0 Å². The van der Waals surface area contributed by atoms with Crippen molar-refractivity contribution >= 4 is 18.3 Å². The molecule has 0 fully saturated rings. The van der Waals surface area contributed by atoms with Gasteiger partial charge >= 0.3 is 0 Å². The van der Waals surface area contributed by atoms with Gasteiger partial charge in [-0.3, -0.25) is 4.79 Å². The number of hydrogen-bond acceptors (Lipinski definition) is 3. The summed E-state index contributed by atoms with van der Waals surface area (Å²) in [4.78, 5) is 11.6. The minimum absolute atomic E-state index is 0. The molecule has 0 bridgehead atoms. The zero-order chi connectivity index (χ0) is 13.5. The van der Waals surface area contributed by atoms with Gasteiger partial charge in [0.1, 0.15) is 5.75 Å². The number of rotatable bonds is 6. The van der Waals surface area contributed by atoms with Crippen LogP contribution in [0, 0.1) is 19.8 Å². The van der Waals surface area contributed by atoms with E-state index in [1.54, 1.807) is 0 Å². The first kappa shape index (κ1) is 17.7. The molecule has 1 amide bonds. The van der Waals surface area contributed by atoms with E-state index in [-0.39, 0.29) is 30.8 Å². The number of halogens is 1. The van der Waals surface area contributed by atoms with E-state index in [1.165, 1.54) is 0 Å². The van der Waals surface area contributed by atoms with Crippen molar-refractivity contribution in [2.75, 3.05) is 19.7 Å². The smallest absolute Gasteiger partial charge is 0.257 e. The molecular weight excluding hydrogens is 264 g/mol. The van der Waals surface area contributed by atoms with E-state index in [2.05, 4.69) is 5.32 Å². The molecule has 1 aromatic carbocycles. The Kier molecular flexibility index (Phi) is 8.19. The Labute approximate surface area is 121 Å². The van der Waals surface area contributed by atoms with Gasteiger partial charge in [-0.1, -0.05) is 19.1 Å². The number of benzene rings is 1. The quantitative estimate of drug-likeness (QED) is 0.838. The van der Waals surface area contributed by atoms with Crippen molar-refractivity contribution in [2.24, 2.45) is 11.7 Å². The first-order valence-corrected chi connectivity index (χ1v) is 6.19. The second-order valence-electron chi connectivity index (χ2n) is 4.70. The lowest BCUT2D eigenvalue weighted by Gasteiger charge is -2.12. The molecule has 0 spiro atoms. The maximum Gasteiger partial charge on any atom is 0.257 e. The molecule has 3 N–H and O–H groups in total. The van der Waals surface area contributed by atoms with E-state index in [0.29, 0.717) is 13.1 Å². The predicted molar refractivity (Wildman–Crippen MR) is 79.9 cm³/mol. The third-order valence-electron chi connectivity index (χ3n) is 2.75. The first-order chi connectivity index (χ1) is 8.52. The van der Waals surface area contributed by atoms with E-state index in [1.807, 2.05) is 39.0 Å². The average molecular weight is 287 g/mol. The Balaban J connectivity index is 0.00000324. The Hall–Kier alpha value is -1.26. The number of amides is 1. The number of nitrogens with one attached hydrogen (secondary N) is 1. The number of carbonyl (C=O) groups excluding carboxylic acids is 1. The maximum absolute atomic E-state index is 11.6. The lowest BCUT2D eigenvalue weighted by molar-refractivity contribution is -0.123. The maximum atomic E-state index is 11.6. The molecule has 0 aliphatic carbocycles. The fraction of sp³-hybridized carbons (Fsp3) is 0.500. The average Bonchev–Trinajstić information content (AvgIpc) is 2.36. The molecule has 0 aliphatic rings. The van der Waals surface area contributed by atoms with Gasteiger partial charge in [0.05, 0.1) is 0 Å². The largest absolute Gasteiger partial charge is 0.483 e. The summed E-state index contributed by atoms with van der Waals surface area (Å²) in [6, 6.07) is 5.94. The molecule has 4 nitrogen and oxygen atoms in total. The van der Waals surface area contributed by atoms with Crippen molar-refractivity contribution < 1.29 is 9.53 Å². The van der Waals surface area contributed by atoms with Gasteiger partial charge in [0.2, 0.25) is 0 Å². The lowest BCUT2D eigenvalue weighted by Crippen LogP contribution is -2.34. The van der Waals surface area contributed by atoms with Crippen LogP contribution in [-0.4, -0.2) is 25.6 Å². The molecule has 1 atom stereocenters. The van der Waals surface area contributed by atoms with Gasteiger partial charge in [-0.2, -0.15) is 0 Å². The molecule has 0 heterocycles. The molecule has 0 radical (unpaired) electrons. The molecule has 5 heteroatoms. The summed E-state index contributed by atoms with van der Waals surface area (Å²) >= 11 is 0. The summed E-state index contributed by atoms with van der Waals surface area (Å²) in [7, 11) is 0.